The summed E-state index contributed by atoms with van der Waals surface area (Å²) in [6.07, 6.45) is 0. The summed E-state index contributed by atoms with van der Waals surface area (Å²) in [6.45, 7) is 5.00. The maximum atomic E-state index is 4.42. The molecule has 3 rings (SSSR count). The minimum Gasteiger partial charge on any atom is -0.360 e. The number of nitrogens with zero attached hydrogens (tertiary/aromatic N) is 3. The molecule has 1 saturated heterocycles. The van der Waals surface area contributed by atoms with E-state index >= 15 is 0 Å². The third-order valence-electron chi connectivity index (χ3n) is 3.61. The standard InChI is InChI=1S/C15H20N4S2/c1-16-15(17-12-13-4-2-10-20-13)19-8-6-18(7-9-19)14-5-3-11-21-14/h2-5,10-11H,6-9,12H2,1H3,(H,16,17). The van der Waals surface area contributed by atoms with E-state index in [0.29, 0.717) is 0 Å². The molecule has 0 amide bonds. The third kappa shape index (κ3) is 3.57. The van der Waals surface area contributed by atoms with Crippen molar-refractivity contribution in [3.8, 4) is 0 Å². The van der Waals surface area contributed by atoms with E-state index in [4.69, 9.17) is 0 Å². The lowest BCUT2D eigenvalue weighted by Gasteiger charge is -2.37. The molecule has 1 aliphatic heterocycles. The molecular formula is C15H20N4S2. The van der Waals surface area contributed by atoms with E-state index in [9.17, 15) is 0 Å². The van der Waals surface area contributed by atoms with Gasteiger partial charge in [-0.25, -0.2) is 0 Å². The van der Waals surface area contributed by atoms with Gasteiger partial charge >= 0.3 is 0 Å². The van der Waals surface area contributed by atoms with Gasteiger partial charge in [-0.3, -0.25) is 4.99 Å². The number of hydrogen-bond acceptors (Lipinski definition) is 4. The zero-order valence-electron chi connectivity index (χ0n) is 12.2. The van der Waals surface area contributed by atoms with Crippen LogP contribution in [0.3, 0.4) is 0 Å². The van der Waals surface area contributed by atoms with E-state index in [0.717, 1.165) is 38.7 Å². The van der Waals surface area contributed by atoms with Crippen LogP contribution in [0.2, 0.25) is 0 Å². The van der Waals surface area contributed by atoms with Crippen molar-refractivity contribution in [3.63, 3.8) is 0 Å². The monoisotopic (exact) mass is 320 g/mol. The van der Waals surface area contributed by atoms with E-state index < -0.39 is 0 Å². The Morgan fingerprint density at radius 3 is 2.52 bits per heavy atom. The van der Waals surface area contributed by atoms with E-state index in [-0.39, 0.29) is 0 Å². The Bertz CT molecular complexity index is 555. The highest BCUT2D eigenvalue weighted by Gasteiger charge is 2.20. The van der Waals surface area contributed by atoms with E-state index in [2.05, 4.69) is 55.1 Å². The summed E-state index contributed by atoms with van der Waals surface area (Å²) in [5.41, 5.74) is 0. The number of nitrogens with one attached hydrogen (secondary N) is 1. The van der Waals surface area contributed by atoms with Gasteiger partial charge in [0.1, 0.15) is 0 Å². The van der Waals surface area contributed by atoms with Gasteiger partial charge in [0.2, 0.25) is 0 Å². The van der Waals surface area contributed by atoms with Crippen LogP contribution >= 0.6 is 22.7 Å². The van der Waals surface area contributed by atoms with Crippen molar-refractivity contribution in [2.45, 2.75) is 6.54 Å². The molecule has 112 valence electrons. The molecule has 2 aromatic heterocycles. The van der Waals surface area contributed by atoms with E-state index in [1.54, 1.807) is 11.3 Å². The number of anilines is 1. The Morgan fingerprint density at radius 1 is 1.14 bits per heavy atom. The summed E-state index contributed by atoms with van der Waals surface area (Å²) in [5, 5.41) is 9.09. The van der Waals surface area contributed by atoms with Crippen LogP contribution in [-0.2, 0) is 6.54 Å². The smallest absolute Gasteiger partial charge is 0.194 e. The van der Waals surface area contributed by atoms with Crippen LogP contribution in [0.4, 0.5) is 5.00 Å². The molecule has 0 radical (unpaired) electrons. The minimum absolute atomic E-state index is 0.857. The Morgan fingerprint density at radius 2 is 1.90 bits per heavy atom. The lowest BCUT2D eigenvalue weighted by molar-refractivity contribution is 0.373. The SMILES string of the molecule is CN=C(NCc1cccs1)N1CCN(c2cccs2)CC1. The number of thiophene rings is 2. The summed E-state index contributed by atoms with van der Waals surface area (Å²) in [5.74, 6) is 1.01. The lowest BCUT2D eigenvalue weighted by atomic mass is 10.3. The number of hydrogen-bond donors (Lipinski definition) is 1. The van der Waals surface area contributed by atoms with Crippen molar-refractivity contribution >= 4 is 33.6 Å². The van der Waals surface area contributed by atoms with Crippen LogP contribution in [0.5, 0.6) is 0 Å². The average molecular weight is 320 g/mol. The van der Waals surface area contributed by atoms with E-state index in [1.165, 1.54) is 9.88 Å². The number of aliphatic imine (C=N–C) groups is 1. The summed E-state index contributed by atoms with van der Waals surface area (Å²) >= 11 is 3.59. The molecule has 0 bridgehead atoms. The highest BCUT2D eigenvalue weighted by atomic mass is 32.1. The van der Waals surface area contributed by atoms with Gasteiger partial charge in [-0.15, -0.1) is 22.7 Å². The largest absolute Gasteiger partial charge is 0.360 e. The van der Waals surface area contributed by atoms with Gasteiger partial charge in [0, 0.05) is 38.1 Å². The molecule has 4 nitrogen and oxygen atoms in total. The maximum Gasteiger partial charge on any atom is 0.194 e. The van der Waals surface area contributed by atoms with Crippen LogP contribution in [-0.4, -0.2) is 44.1 Å². The molecule has 0 aromatic carbocycles. The Hall–Kier alpha value is -1.53. The van der Waals surface area contributed by atoms with Gasteiger partial charge in [0.25, 0.3) is 0 Å². The van der Waals surface area contributed by atoms with Crippen molar-refractivity contribution in [1.82, 2.24) is 10.2 Å². The molecule has 0 atom stereocenters. The third-order valence-corrected chi connectivity index (χ3v) is 5.42. The number of piperazine rings is 1. The molecule has 0 unspecified atom stereocenters. The molecule has 3 heterocycles. The summed E-state index contributed by atoms with van der Waals surface area (Å²) in [4.78, 5) is 10.6. The average Bonchev–Trinajstić information content (AvgIpc) is 3.22. The molecular weight excluding hydrogens is 300 g/mol. The fraction of sp³-hybridized carbons (Fsp3) is 0.400. The second kappa shape index (κ2) is 6.95. The first-order chi connectivity index (χ1) is 10.4. The Balaban J connectivity index is 1.52. The maximum absolute atomic E-state index is 4.42. The highest BCUT2D eigenvalue weighted by Crippen LogP contribution is 2.22. The Kier molecular flexibility index (Phi) is 4.77. The highest BCUT2D eigenvalue weighted by molar-refractivity contribution is 7.14. The molecule has 6 heteroatoms. The molecule has 0 saturated carbocycles. The van der Waals surface area contributed by atoms with Gasteiger partial charge in [-0.05, 0) is 29.0 Å². The van der Waals surface area contributed by atoms with Gasteiger partial charge in [-0.1, -0.05) is 6.07 Å². The quantitative estimate of drug-likeness (QED) is 0.697. The summed E-state index contributed by atoms with van der Waals surface area (Å²) in [6, 6.07) is 8.56. The zero-order chi connectivity index (χ0) is 14.5. The van der Waals surface area contributed by atoms with Gasteiger partial charge in [-0.2, -0.15) is 0 Å². The first-order valence-corrected chi connectivity index (χ1v) is 8.89. The molecule has 21 heavy (non-hydrogen) atoms. The predicted molar refractivity (Wildman–Crippen MR) is 92.6 cm³/mol. The van der Waals surface area contributed by atoms with Crippen molar-refractivity contribution in [1.29, 1.82) is 0 Å². The van der Waals surface area contributed by atoms with Gasteiger partial charge < -0.3 is 15.1 Å². The fourth-order valence-corrected chi connectivity index (χ4v) is 3.93. The van der Waals surface area contributed by atoms with E-state index in [1.807, 2.05) is 18.4 Å². The number of guanidine groups is 1. The van der Waals surface area contributed by atoms with Crippen LogP contribution < -0.4 is 10.2 Å². The van der Waals surface area contributed by atoms with Crippen LogP contribution in [0.1, 0.15) is 4.88 Å². The predicted octanol–water partition coefficient (Wildman–Crippen LogP) is 2.71. The molecule has 1 fully saturated rings. The first-order valence-electron chi connectivity index (χ1n) is 7.13. The summed E-state index contributed by atoms with van der Waals surface area (Å²) in [7, 11) is 1.86. The Labute approximate surface area is 133 Å². The minimum atomic E-state index is 0.857. The first kappa shape index (κ1) is 14.4. The molecule has 1 N–H and O–H groups in total. The van der Waals surface area contributed by atoms with Crippen molar-refractivity contribution in [2.24, 2.45) is 4.99 Å². The molecule has 2 aromatic rings. The second-order valence-corrected chi connectivity index (χ2v) is 6.86. The van der Waals surface area contributed by atoms with Crippen LogP contribution in [0, 0.1) is 0 Å². The van der Waals surface area contributed by atoms with Crippen LogP contribution in [0.25, 0.3) is 0 Å². The van der Waals surface area contributed by atoms with Gasteiger partial charge in [0.05, 0.1) is 11.5 Å². The molecule has 0 aliphatic carbocycles. The molecule has 1 aliphatic rings. The second-order valence-electron chi connectivity index (χ2n) is 4.91. The topological polar surface area (TPSA) is 30.9 Å². The number of rotatable bonds is 3. The van der Waals surface area contributed by atoms with Crippen LogP contribution in [0.15, 0.2) is 40.0 Å². The van der Waals surface area contributed by atoms with Crippen molar-refractivity contribution in [3.05, 3.63) is 39.9 Å². The van der Waals surface area contributed by atoms with Crippen molar-refractivity contribution < 1.29 is 0 Å². The normalized spacial score (nSPS) is 16.3. The fourth-order valence-electron chi connectivity index (χ4n) is 2.50. The zero-order valence-corrected chi connectivity index (χ0v) is 13.8. The molecule has 0 spiro atoms. The van der Waals surface area contributed by atoms with Crippen molar-refractivity contribution in [2.75, 3.05) is 38.1 Å². The van der Waals surface area contributed by atoms with Gasteiger partial charge in [0.15, 0.2) is 5.96 Å². The lowest BCUT2D eigenvalue weighted by Crippen LogP contribution is -2.52. The summed E-state index contributed by atoms with van der Waals surface area (Å²) < 4.78 is 0.